The van der Waals surface area contributed by atoms with Gasteiger partial charge in [-0.1, -0.05) is 17.7 Å². The first-order valence-electron chi connectivity index (χ1n) is 7.66. The maximum Gasteiger partial charge on any atom is 0.327 e. The van der Waals surface area contributed by atoms with Crippen LogP contribution in [0.1, 0.15) is 23.6 Å². The minimum atomic E-state index is -4.19. The van der Waals surface area contributed by atoms with Crippen LogP contribution in [0.5, 0.6) is 0 Å². The summed E-state index contributed by atoms with van der Waals surface area (Å²) in [6.45, 7) is 6.65. The largest absolute Gasteiger partial charge is 0.480 e. The second kappa shape index (κ2) is 6.84. The Kier molecular flexibility index (Phi) is 5.17. The zero-order chi connectivity index (χ0) is 18.9. The van der Waals surface area contributed by atoms with E-state index in [0.717, 1.165) is 34.1 Å². The van der Waals surface area contributed by atoms with Crippen LogP contribution in [0.2, 0.25) is 0 Å². The molecule has 0 aromatic heterocycles. The molecule has 0 bridgehead atoms. The number of halogens is 1. The normalized spacial score (nSPS) is 12.7. The number of aliphatic carboxylic acids is 1. The van der Waals surface area contributed by atoms with Crippen LogP contribution in [-0.4, -0.2) is 25.5 Å². The predicted molar refractivity (Wildman–Crippen MR) is 93.8 cm³/mol. The third-order valence-electron chi connectivity index (χ3n) is 3.94. The Hall–Kier alpha value is -2.41. The lowest BCUT2D eigenvalue weighted by molar-refractivity contribution is -0.137. The monoisotopic (exact) mass is 365 g/mol. The van der Waals surface area contributed by atoms with E-state index in [9.17, 15) is 22.7 Å². The number of carbonyl (C=O) groups is 1. The lowest BCUT2D eigenvalue weighted by Gasteiger charge is -2.31. The van der Waals surface area contributed by atoms with Crippen molar-refractivity contribution < 1.29 is 22.7 Å². The van der Waals surface area contributed by atoms with Crippen LogP contribution in [0.3, 0.4) is 0 Å². The van der Waals surface area contributed by atoms with Crippen molar-refractivity contribution in [2.45, 2.75) is 38.6 Å². The van der Waals surface area contributed by atoms with Crippen molar-refractivity contribution in [3.63, 3.8) is 0 Å². The average molecular weight is 365 g/mol. The lowest BCUT2D eigenvalue weighted by Crippen LogP contribution is -2.44. The van der Waals surface area contributed by atoms with Crippen LogP contribution in [0.15, 0.2) is 41.3 Å². The summed E-state index contributed by atoms with van der Waals surface area (Å²) in [6, 6.07) is 6.59. The first-order chi connectivity index (χ1) is 11.6. The Balaban J connectivity index is 2.74. The number of anilines is 1. The minimum Gasteiger partial charge on any atom is -0.480 e. The van der Waals surface area contributed by atoms with Gasteiger partial charge in [-0.2, -0.15) is 0 Å². The number of sulfonamides is 1. The quantitative estimate of drug-likeness (QED) is 0.881. The van der Waals surface area contributed by atoms with Gasteiger partial charge in [-0.3, -0.25) is 4.31 Å². The average Bonchev–Trinajstić information content (AvgIpc) is 2.50. The summed E-state index contributed by atoms with van der Waals surface area (Å²) < 4.78 is 40.3. The molecule has 0 amide bonds. The Bertz CT molecular complexity index is 884. The number of benzene rings is 2. The van der Waals surface area contributed by atoms with Gasteiger partial charge in [0.05, 0.1) is 10.6 Å². The van der Waals surface area contributed by atoms with E-state index in [2.05, 4.69) is 0 Å². The van der Waals surface area contributed by atoms with E-state index >= 15 is 0 Å². The predicted octanol–water partition coefficient (Wildman–Crippen LogP) is 3.42. The highest BCUT2D eigenvalue weighted by Crippen LogP contribution is 2.33. The van der Waals surface area contributed by atoms with E-state index < -0.39 is 27.9 Å². The molecule has 7 heteroatoms. The van der Waals surface area contributed by atoms with Gasteiger partial charge in [0.2, 0.25) is 0 Å². The third kappa shape index (κ3) is 3.66. The van der Waals surface area contributed by atoms with E-state index in [-0.39, 0.29) is 4.90 Å². The molecular weight excluding hydrogens is 345 g/mol. The number of hydrogen-bond acceptors (Lipinski definition) is 3. The van der Waals surface area contributed by atoms with Crippen LogP contribution in [0, 0.1) is 26.6 Å². The number of carboxylic acids is 1. The molecule has 0 aliphatic carbocycles. The van der Waals surface area contributed by atoms with E-state index in [1.807, 2.05) is 6.92 Å². The fourth-order valence-electron chi connectivity index (χ4n) is 2.86. The van der Waals surface area contributed by atoms with Gasteiger partial charge in [0.25, 0.3) is 10.0 Å². The molecule has 1 atom stereocenters. The molecule has 0 aliphatic heterocycles. The summed E-state index contributed by atoms with van der Waals surface area (Å²) >= 11 is 0. The van der Waals surface area contributed by atoms with E-state index in [0.29, 0.717) is 16.8 Å². The van der Waals surface area contributed by atoms with Crippen molar-refractivity contribution >= 4 is 21.7 Å². The highest BCUT2D eigenvalue weighted by Gasteiger charge is 2.35. The molecule has 0 heterocycles. The molecule has 2 aromatic rings. The molecular formula is C18H20FNO4S. The Morgan fingerprint density at radius 1 is 1.08 bits per heavy atom. The molecule has 1 unspecified atom stereocenters. The maximum atomic E-state index is 13.2. The third-order valence-corrected chi connectivity index (χ3v) is 5.82. The maximum absolute atomic E-state index is 13.2. The van der Waals surface area contributed by atoms with Gasteiger partial charge in [-0.15, -0.1) is 0 Å². The van der Waals surface area contributed by atoms with Gasteiger partial charge in [0.15, 0.2) is 0 Å². The van der Waals surface area contributed by atoms with Crippen molar-refractivity contribution in [3.8, 4) is 0 Å². The second-order valence-electron chi connectivity index (χ2n) is 6.02. The van der Waals surface area contributed by atoms with Gasteiger partial charge in [-0.05, 0) is 63.1 Å². The fourth-order valence-corrected chi connectivity index (χ4v) is 4.60. The molecule has 1 N–H and O–H groups in total. The Morgan fingerprint density at radius 3 is 2.00 bits per heavy atom. The number of rotatable bonds is 5. The molecule has 0 spiro atoms. The van der Waals surface area contributed by atoms with Crippen LogP contribution in [0.25, 0.3) is 0 Å². The van der Waals surface area contributed by atoms with Crippen molar-refractivity contribution in [2.75, 3.05) is 4.31 Å². The van der Waals surface area contributed by atoms with Gasteiger partial charge in [-0.25, -0.2) is 17.6 Å². The molecule has 2 aromatic carbocycles. The zero-order valence-electron chi connectivity index (χ0n) is 14.4. The van der Waals surface area contributed by atoms with Crippen molar-refractivity contribution in [2.24, 2.45) is 0 Å². The topological polar surface area (TPSA) is 74.7 Å². The van der Waals surface area contributed by atoms with Crippen LogP contribution < -0.4 is 4.31 Å². The summed E-state index contributed by atoms with van der Waals surface area (Å²) in [5.41, 5.74) is 2.57. The number of aryl methyl sites for hydroxylation is 3. The minimum absolute atomic E-state index is 0.165. The smallest absolute Gasteiger partial charge is 0.327 e. The molecule has 0 saturated heterocycles. The molecule has 0 saturated carbocycles. The lowest BCUT2D eigenvalue weighted by atomic mass is 10.0. The standard InChI is InChI=1S/C18H20FNO4S/c1-11-9-12(2)17(13(3)10-11)20(14(4)18(21)22)25(23,24)16-7-5-15(19)6-8-16/h5-10,14H,1-4H3,(H,21,22). The molecule has 0 radical (unpaired) electrons. The van der Waals surface area contributed by atoms with Gasteiger partial charge < -0.3 is 5.11 Å². The van der Waals surface area contributed by atoms with Crippen molar-refractivity contribution in [3.05, 3.63) is 58.9 Å². The fraction of sp³-hybridized carbons (Fsp3) is 0.278. The van der Waals surface area contributed by atoms with E-state index in [1.165, 1.54) is 6.92 Å². The Labute approximate surface area is 146 Å². The number of hydrogen-bond donors (Lipinski definition) is 1. The molecule has 5 nitrogen and oxygen atoms in total. The van der Waals surface area contributed by atoms with Gasteiger partial charge in [0, 0.05) is 0 Å². The highest BCUT2D eigenvalue weighted by molar-refractivity contribution is 7.93. The zero-order valence-corrected chi connectivity index (χ0v) is 15.3. The van der Waals surface area contributed by atoms with Crippen LogP contribution in [0.4, 0.5) is 10.1 Å². The summed E-state index contributed by atoms with van der Waals surface area (Å²) in [7, 11) is -4.19. The molecule has 134 valence electrons. The first kappa shape index (κ1) is 18.9. The molecule has 25 heavy (non-hydrogen) atoms. The summed E-state index contributed by atoms with van der Waals surface area (Å²) in [4.78, 5) is 11.4. The van der Waals surface area contributed by atoms with Gasteiger partial charge >= 0.3 is 5.97 Å². The number of nitrogens with zero attached hydrogens (tertiary/aromatic N) is 1. The van der Waals surface area contributed by atoms with E-state index in [1.54, 1.807) is 26.0 Å². The molecule has 0 aliphatic rings. The first-order valence-corrected chi connectivity index (χ1v) is 9.10. The van der Waals surface area contributed by atoms with Crippen molar-refractivity contribution in [1.82, 2.24) is 0 Å². The summed E-state index contributed by atoms with van der Waals surface area (Å²) in [6.07, 6.45) is 0. The van der Waals surface area contributed by atoms with Crippen LogP contribution >= 0.6 is 0 Å². The SMILES string of the molecule is Cc1cc(C)c(N(C(C)C(=O)O)S(=O)(=O)c2ccc(F)cc2)c(C)c1. The second-order valence-corrected chi connectivity index (χ2v) is 7.83. The number of carboxylic acid groups (broad SMARTS) is 1. The summed E-state index contributed by atoms with van der Waals surface area (Å²) in [5.74, 6) is -1.84. The molecule has 0 fully saturated rings. The van der Waals surface area contributed by atoms with Crippen LogP contribution in [-0.2, 0) is 14.8 Å². The summed E-state index contributed by atoms with van der Waals surface area (Å²) in [5, 5.41) is 9.44. The van der Waals surface area contributed by atoms with E-state index in [4.69, 9.17) is 0 Å². The van der Waals surface area contributed by atoms with Gasteiger partial charge in [0.1, 0.15) is 11.9 Å². The Morgan fingerprint density at radius 2 is 1.56 bits per heavy atom. The van der Waals surface area contributed by atoms with Crippen molar-refractivity contribution in [1.29, 1.82) is 0 Å². The molecule has 2 rings (SSSR count). The highest BCUT2D eigenvalue weighted by atomic mass is 32.2.